The van der Waals surface area contributed by atoms with Crippen molar-refractivity contribution >= 4 is 25.5 Å². The van der Waals surface area contributed by atoms with Gasteiger partial charge in [-0.1, -0.05) is 32.9 Å². The number of non-ortho nitro benzene ring substituents is 1. The average molecular weight is 445 g/mol. The van der Waals surface area contributed by atoms with Crippen molar-refractivity contribution in [2.24, 2.45) is 0 Å². The van der Waals surface area contributed by atoms with Gasteiger partial charge in [0.15, 0.2) is 14.1 Å². The fraction of sp³-hybridized carbons (Fsp3) is 0.435. The number of ketones is 1. The maximum Gasteiger partial charge on any atom is 0.269 e. The van der Waals surface area contributed by atoms with E-state index in [1.807, 2.05) is 24.3 Å². The van der Waals surface area contributed by atoms with Gasteiger partial charge in [-0.25, -0.2) is 0 Å². The first-order chi connectivity index (χ1) is 14.4. The third kappa shape index (κ3) is 6.14. The Morgan fingerprint density at radius 2 is 1.61 bits per heavy atom. The van der Waals surface area contributed by atoms with Gasteiger partial charge in [-0.2, -0.15) is 0 Å². The second kappa shape index (κ2) is 9.61. The van der Waals surface area contributed by atoms with Crippen LogP contribution in [0.15, 0.2) is 48.5 Å². The summed E-state index contributed by atoms with van der Waals surface area (Å²) >= 11 is 0. The zero-order valence-corrected chi connectivity index (χ0v) is 20.3. The van der Waals surface area contributed by atoms with Crippen LogP contribution in [0.5, 0.6) is 5.75 Å². The Morgan fingerprint density at radius 3 is 2.03 bits per heavy atom. The number of Topliss-reactive ketones (excluding diaryl/α,β-unsaturated/α-hetero) is 1. The number of anilines is 1. The Kier molecular flexibility index (Phi) is 7.61. The molecule has 0 bridgehead atoms. The van der Waals surface area contributed by atoms with Gasteiger partial charge in [0.05, 0.1) is 18.1 Å². The average Bonchev–Trinajstić information content (AvgIpc) is 2.70. The molecule has 2 aromatic carbocycles. The molecule has 2 rings (SSSR count). The number of nitro benzene ring substituents is 1. The number of hydrogen-bond donors (Lipinski definition) is 1. The van der Waals surface area contributed by atoms with E-state index in [2.05, 4.69) is 39.2 Å². The normalized spacial score (nSPS) is 13.9. The molecule has 0 heterocycles. The lowest BCUT2D eigenvalue weighted by Gasteiger charge is -2.41. The van der Waals surface area contributed by atoms with Crippen molar-refractivity contribution in [2.45, 2.75) is 58.0 Å². The van der Waals surface area contributed by atoms with Gasteiger partial charge in [-0.3, -0.25) is 14.9 Å². The van der Waals surface area contributed by atoms with E-state index < -0.39 is 25.4 Å². The van der Waals surface area contributed by atoms with Gasteiger partial charge < -0.3 is 14.5 Å². The number of hydrogen-bond acceptors (Lipinski definition) is 6. The molecule has 0 saturated heterocycles. The van der Waals surface area contributed by atoms with Crippen LogP contribution in [0.4, 0.5) is 11.4 Å². The van der Waals surface area contributed by atoms with Crippen LogP contribution in [-0.2, 0) is 9.22 Å². The van der Waals surface area contributed by atoms with Crippen molar-refractivity contribution in [3.05, 3.63) is 64.2 Å². The van der Waals surface area contributed by atoms with E-state index in [-0.39, 0.29) is 16.5 Å². The molecular formula is C23H32N2O5Si. The van der Waals surface area contributed by atoms with Crippen LogP contribution in [0.3, 0.4) is 0 Å². The van der Waals surface area contributed by atoms with Crippen LogP contribution in [-0.4, -0.2) is 32.2 Å². The molecule has 0 fully saturated rings. The fourth-order valence-electron chi connectivity index (χ4n) is 2.88. The van der Waals surface area contributed by atoms with Gasteiger partial charge in [0, 0.05) is 17.8 Å². The maximum absolute atomic E-state index is 12.8. The zero-order valence-electron chi connectivity index (χ0n) is 19.3. The highest BCUT2D eigenvalue weighted by Crippen LogP contribution is 2.39. The van der Waals surface area contributed by atoms with Crippen LogP contribution >= 0.6 is 0 Å². The molecule has 0 aliphatic carbocycles. The van der Waals surface area contributed by atoms with Crippen LogP contribution in [0, 0.1) is 10.1 Å². The highest BCUT2D eigenvalue weighted by molar-refractivity contribution is 6.74. The predicted molar refractivity (Wildman–Crippen MR) is 125 cm³/mol. The SMILES string of the molecule is COc1ccc(N[C@H](c2ccc([N+](=O)[O-])cc2)[C@H](O[Si](C)(C)C(C)(C)C)C(C)=O)cc1. The molecule has 31 heavy (non-hydrogen) atoms. The fourth-order valence-corrected chi connectivity index (χ4v) is 4.17. The van der Waals surface area contributed by atoms with Gasteiger partial charge in [-0.15, -0.1) is 0 Å². The summed E-state index contributed by atoms with van der Waals surface area (Å²) in [5, 5.41) is 14.4. The third-order valence-corrected chi connectivity index (χ3v) is 10.3. The zero-order chi connectivity index (χ0) is 23.4. The number of benzene rings is 2. The van der Waals surface area contributed by atoms with Gasteiger partial charge >= 0.3 is 0 Å². The third-order valence-electron chi connectivity index (χ3n) is 5.81. The smallest absolute Gasteiger partial charge is 0.269 e. The molecule has 0 radical (unpaired) electrons. The van der Waals surface area contributed by atoms with E-state index in [0.29, 0.717) is 0 Å². The lowest BCUT2D eigenvalue weighted by atomic mass is 9.98. The van der Waals surface area contributed by atoms with Crippen LogP contribution in [0.2, 0.25) is 18.1 Å². The van der Waals surface area contributed by atoms with E-state index >= 15 is 0 Å². The molecule has 0 aromatic heterocycles. The number of carbonyl (C=O) groups excluding carboxylic acids is 1. The Labute approximate surface area is 185 Å². The molecule has 0 unspecified atom stereocenters. The summed E-state index contributed by atoms with van der Waals surface area (Å²) in [6.45, 7) is 12.1. The van der Waals surface area contributed by atoms with Crippen molar-refractivity contribution in [1.29, 1.82) is 0 Å². The molecule has 1 N–H and O–H groups in total. The summed E-state index contributed by atoms with van der Waals surface area (Å²) in [5.41, 5.74) is 1.52. The molecular weight excluding hydrogens is 412 g/mol. The number of carbonyl (C=O) groups is 1. The number of methoxy groups -OCH3 is 1. The van der Waals surface area contributed by atoms with Gasteiger partial charge in [0.1, 0.15) is 11.9 Å². The molecule has 7 nitrogen and oxygen atoms in total. The standard InChI is InChI=1S/C23H32N2O5Si/c1-16(26)22(30-31(6,7)23(2,3)4)21(17-8-12-19(13-9-17)25(27)28)24-18-10-14-20(29-5)15-11-18/h8-15,21-22,24H,1-7H3/t21-,22-/m1/s1. The van der Waals surface area contributed by atoms with Crippen molar-refractivity contribution in [1.82, 2.24) is 0 Å². The van der Waals surface area contributed by atoms with Gasteiger partial charge in [0.2, 0.25) is 0 Å². The number of rotatable bonds is 9. The maximum atomic E-state index is 12.8. The number of nitro groups is 1. The summed E-state index contributed by atoms with van der Waals surface area (Å²) in [6, 6.07) is 13.1. The van der Waals surface area contributed by atoms with Crippen molar-refractivity contribution in [3.63, 3.8) is 0 Å². The van der Waals surface area contributed by atoms with E-state index in [1.165, 1.54) is 19.1 Å². The Bertz CT molecular complexity index is 905. The number of nitrogens with zero attached hydrogens (tertiary/aromatic N) is 1. The van der Waals surface area contributed by atoms with Crippen molar-refractivity contribution < 1.29 is 18.9 Å². The molecule has 0 aliphatic rings. The lowest BCUT2D eigenvalue weighted by Crippen LogP contribution is -2.48. The van der Waals surface area contributed by atoms with E-state index in [4.69, 9.17) is 9.16 Å². The summed E-state index contributed by atoms with van der Waals surface area (Å²) in [7, 11) is -0.678. The monoisotopic (exact) mass is 444 g/mol. The summed E-state index contributed by atoms with van der Waals surface area (Å²) in [4.78, 5) is 23.4. The van der Waals surface area contributed by atoms with E-state index in [1.54, 1.807) is 19.2 Å². The summed E-state index contributed by atoms with van der Waals surface area (Å²) in [5.74, 6) is 0.618. The second-order valence-electron chi connectivity index (χ2n) is 9.11. The van der Waals surface area contributed by atoms with E-state index in [9.17, 15) is 14.9 Å². The van der Waals surface area contributed by atoms with Crippen LogP contribution < -0.4 is 10.1 Å². The van der Waals surface area contributed by atoms with Crippen LogP contribution in [0.1, 0.15) is 39.3 Å². The summed E-state index contributed by atoms with van der Waals surface area (Å²) < 4.78 is 11.8. The Hall–Kier alpha value is -2.71. The first-order valence-corrected chi connectivity index (χ1v) is 13.1. The van der Waals surface area contributed by atoms with Crippen molar-refractivity contribution in [3.8, 4) is 5.75 Å². The first-order valence-electron chi connectivity index (χ1n) is 10.2. The number of ether oxygens (including phenoxy) is 1. The molecule has 0 aliphatic heterocycles. The second-order valence-corrected chi connectivity index (χ2v) is 13.9. The molecule has 0 saturated carbocycles. The molecule has 2 aromatic rings. The first kappa shape index (κ1) is 24.6. The Balaban J connectivity index is 2.48. The molecule has 2 atom stereocenters. The molecule has 168 valence electrons. The minimum atomic E-state index is -2.28. The molecule has 0 spiro atoms. The topological polar surface area (TPSA) is 90.7 Å². The summed E-state index contributed by atoms with van der Waals surface area (Å²) in [6.07, 6.45) is -0.746. The highest BCUT2D eigenvalue weighted by atomic mass is 28.4. The van der Waals surface area contributed by atoms with E-state index in [0.717, 1.165) is 17.0 Å². The van der Waals surface area contributed by atoms with Gasteiger partial charge in [0.25, 0.3) is 5.69 Å². The Morgan fingerprint density at radius 1 is 1.06 bits per heavy atom. The van der Waals surface area contributed by atoms with Crippen LogP contribution in [0.25, 0.3) is 0 Å². The minimum absolute atomic E-state index is 0.00311. The lowest BCUT2D eigenvalue weighted by molar-refractivity contribution is -0.384. The predicted octanol–water partition coefficient (Wildman–Crippen LogP) is 5.74. The van der Waals surface area contributed by atoms with Gasteiger partial charge in [-0.05, 0) is 54.9 Å². The molecule has 8 heteroatoms. The quantitative estimate of drug-likeness (QED) is 0.301. The number of nitrogens with one attached hydrogen (secondary N) is 1. The molecule has 0 amide bonds. The highest BCUT2D eigenvalue weighted by Gasteiger charge is 2.42. The van der Waals surface area contributed by atoms with Crippen molar-refractivity contribution in [2.75, 3.05) is 12.4 Å². The minimum Gasteiger partial charge on any atom is -0.497 e. The largest absolute Gasteiger partial charge is 0.497 e.